The highest BCUT2D eigenvalue weighted by Gasteiger charge is 2.33. The van der Waals surface area contributed by atoms with Crippen LogP contribution in [0.5, 0.6) is 0 Å². The monoisotopic (exact) mass is 592 g/mol. The van der Waals surface area contributed by atoms with Crippen molar-refractivity contribution in [1.29, 1.82) is 0 Å². The van der Waals surface area contributed by atoms with Gasteiger partial charge >= 0.3 is 0 Å². The normalized spacial score (nSPS) is 16.8. The van der Waals surface area contributed by atoms with Crippen LogP contribution < -0.4 is 9.62 Å². The molecule has 0 spiro atoms. The van der Waals surface area contributed by atoms with Gasteiger partial charge in [0.15, 0.2) is 0 Å². The van der Waals surface area contributed by atoms with Gasteiger partial charge in [-0.05, 0) is 73.6 Å². The van der Waals surface area contributed by atoms with E-state index in [0.29, 0.717) is 61.0 Å². The quantitative estimate of drug-likeness (QED) is 0.476. The summed E-state index contributed by atoms with van der Waals surface area (Å²) in [6.07, 6.45) is 4.04. The molecule has 9 nitrogen and oxygen atoms in total. The van der Waals surface area contributed by atoms with Crippen LogP contribution in [0.1, 0.15) is 62.9 Å². The number of para-hydroxylation sites is 1. The summed E-state index contributed by atoms with van der Waals surface area (Å²) in [5.74, 6) is -0.533. The number of thiophene rings is 1. The molecular formula is C30H32N4O5S2. The second kappa shape index (κ2) is 10.9. The molecule has 41 heavy (non-hydrogen) atoms. The van der Waals surface area contributed by atoms with Crippen molar-refractivity contribution in [3.63, 3.8) is 0 Å². The number of fused-ring (bicyclic) bond motifs is 2. The molecule has 4 heterocycles. The van der Waals surface area contributed by atoms with Gasteiger partial charge in [0, 0.05) is 43.5 Å². The fourth-order valence-corrected chi connectivity index (χ4v) is 8.69. The van der Waals surface area contributed by atoms with Crippen molar-refractivity contribution in [3.05, 3.63) is 75.7 Å². The van der Waals surface area contributed by atoms with Crippen LogP contribution in [0.4, 0.5) is 10.7 Å². The van der Waals surface area contributed by atoms with E-state index in [2.05, 4.69) is 5.32 Å². The third kappa shape index (κ3) is 5.12. The van der Waals surface area contributed by atoms with E-state index >= 15 is 0 Å². The molecular weight excluding hydrogens is 560 g/mol. The van der Waals surface area contributed by atoms with E-state index in [0.717, 1.165) is 41.7 Å². The van der Waals surface area contributed by atoms with Crippen molar-refractivity contribution < 1.29 is 22.8 Å². The largest absolute Gasteiger partial charge is 0.339 e. The lowest BCUT2D eigenvalue weighted by molar-refractivity contribution is -0.129. The van der Waals surface area contributed by atoms with Gasteiger partial charge in [-0.1, -0.05) is 18.2 Å². The smallest absolute Gasteiger partial charge is 0.264 e. The van der Waals surface area contributed by atoms with Gasteiger partial charge in [0.05, 0.1) is 22.7 Å². The first-order valence-electron chi connectivity index (χ1n) is 14.0. The minimum Gasteiger partial charge on any atom is -0.339 e. The summed E-state index contributed by atoms with van der Waals surface area (Å²) >= 11 is 1.34. The van der Waals surface area contributed by atoms with Crippen LogP contribution >= 0.6 is 11.3 Å². The van der Waals surface area contributed by atoms with Crippen molar-refractivity contribution in [2.24, 2.45) is 0 Å². The fourth-order valence-electron chi connectivity index (χ4n) is 5.89. The number of anilines is 2. The Hall–Kier alpha value is -3.70. The predicted molar refractivity (Wildman–Crippen MR) is 158 cm³/mol. The zero-order valence-electron chi connectivity index (χ0n) is 22.9. The van der Waals surface area contributed by atoms with Gasteiger partial charge in [-0.25, -0.2) is 8.42 Å². The Bertz CT molecular complexity index is 1620. The number of aryl methyl sites for hydroxylation is 1. The maximum atomic E-state index is 13.6. The molecule has 3 aliphatic heterocycles. The van der Waals surface area contributed by atoms with Gasteiger partial charge in [-0.3, -0.25) is 18.7 Å². The summed E-state index contributed by atoms with van der Waals surface area (Å²) in [5.41, 5.74) is 3.41. The molecule has 1 saturated heterocycles. The summed E-state index contributed by atoms with van der Waals surface area (Å²) in [6.45, 7) is 4.26. The third-order valence-electron chi connectivity index (χ3n) is 8.11. The molecule has 0 unspecified atom stereocenters. The first-order chi connectivity index (χ1) is 19.7. The number of carbonyl (C=O) groups excluding carboxylic acids is 3. The maximum Gasteiger partial charge on any atom is 0.264 e. The molecule has 0 radical (unpaired) electrons. The number of sulfonamides is 1. The van der Waals surface area contributed by atoms with Crippen LogP contribution in [0, 0.1) is 0 Å². The van der Waals surface area contributed by atoms with Crippen molar-refractivity contribution in [1.82, 2.24) is 9.80 Å². The summed E-state index contributed by atoms with van der Waals surface area (Å²) in [6, 6.07) is 13.5. The molecule has 0 bridgehead atoms. The van der Waals surface area contributed by atoms with Crippen LogP contribution in [0.3, 0.4) is 0 Å². The minimum absolute atomic E-state index is 0.0230. The van der Waals surface area contributed by atoms with Crippen LogP contribution in [0.2, 0.25) is 0 Å². The van der Waals surface area contributed by atoms with Crippen molar-refractivity contribution in [3.8, 4) is 0 Å². The van der Waals surface area contributed by atoms with Gasteiger partial charge in [0.1, 0.15) is 5.00 Å². The molecule has 1 N–H and O–H groups in total. The highest BCUT2D eigenvalue weighted by molar-refractivity contribution is 7.92. The van der Waals surface area contributed by atoms with E-state index in [1.54, 1.807) is 4.90 Å². The number of hydrogen-bond donors (Lipinski definition) is 1. The standard InChI is InChI=1S/C30H32N4O5S2/c1-20(35)33-18-14-24-26(19-33)40-29(27(24)30(37)32-15-4-5-16-32)31-28(36)22-10-12-23(13-11-22)41(38,39)34-17-6-8-21-7-2-3-9-25(21)34/h2-3,7,9-13H,4-6,8,14-19H2,1H3,(H,31,36). The first kappa shape index (κ1) is 27.5. The number of benzene rings is 2. The molecule has 3 aliphatic rings. The SMILES string of the molecule is CC(=O)N1CCc2c(sc(NC(=O)c3ccc(S(=O)(=O)N4CCCc5ccccc54)cc3)c2C(=O)N2CCCC2)C1. The number of nitrogens with zero attached hydrogens (tertiary/aromatic N) is 3. The third-order valence-corrected chi connectivity index (χ3v) is 11.1. The van der Waals surface area contributed by atoms with Crippen molar-refractivity contribution in [2.45, 2.75) is 50.5 Å². The zero-order valence-corrected chi connectivity index (χ0v) is 24.5. The first-order valence-corrected chi connectivity index (χ1v) is 16.2. The average molecular weight is 593 g/mol. The van der Waals surface area contributed by atoms with E-state index < -0.39 is 15.9 Å². The molecule has 214 valence electrons. The van der Waals surface area contributed by atoms with Gasteiger partial charge in [0.25, 0.3) is 21.8 Å². The summed E-state index contributed by atoms with van der Waals surface area (Å²) in [5, 5.41) is 3.41. The van der Waals surface area contributed by atoms with Gasteiger partial charge in [-0.2, -0.15) is 0 Å². The topological polar surface area (TPSA) is 107 Å². The highest BCUT2D eigenvalue weighted by atomic mass is 32.2. The van der Waals surface area contributed by atoms with Gasteiger partial charge < -0.3 is 15.1 Å². The molecule has 0 aliphatic carbocycles. The summed E-state index contributed by atoms with van der Waals surface area (Å²) < 4.78 is 28.5. The molecule has 6 rings (SSSR count). The predicted octanol–water partition coefficient (Wildman–Crippen LogP) is 4.28. The molecule has 0 saturated carbocycles. The van der Waals surface area contributed by atoms with Crippen molar-refractivity contribution >= 4 is 49.8 Å². The Labute approximate surface area is 243 Å². The number of nitrogens with one attached hydrogen (secondary N) is 1. The number of rotatable bonds is 5. The fraction of sp³-hybridized carbons (Fsp3) is 0.367. The van der Waals surface area contributed by atoms with Crippen LogP contribution in [0.15, 0.2) is 53.4 Å². The molecule has 1 aromatic heterocycles. The Balaban J connectivity index is 1.26. The van der Waals surface area contributed by atoms with E-state index in [4.69, 9.17) is 0 Å². The van der Waals surface area contributed by atoms with Crippen molar-refractivity contribution in [2.75, 3.05) is 35.8 Å². The van der Waals surface area contributed by atoms with Crippen LogP contribution in [0.25, 0.3) is 0 Å². The Morgan fingerprint density at radius 3 is 2.32 bits per heavy atom. The number of likely N-dealkylation sites (tertiary alicyclic amines) is 1. The lowest BCUT2D eigenvalue weighted by Crippen LogP contribution is -2.35. The molecule has 2 aromatic carbocycles. The Morgan fingerprint density at radius 2 is 1.59 bits per heavy atom. The van der Waals surface area contributed by atoms with Gasteiger partial charge in [0.2, 0.25) is 5.91 Å². The van der Waals surface area contributed by atoms with E-state index in [1.165, 1.54) is 46.8 Å². The lowest BCUT2D eigenvalue weighted by atomic mass is 10.0. The number of hydrogen-bond acceptors (Lipinski definition) is 6. The number of carbonyl (C=O) groups is 3. The van der Waals surface area contributed by atoms with Gasteiger partial charge in [-0.15, -0.1) is 11.3 Å². The van der Waals surface area contributed by atoms with Crippen LogP contribution in [-0.2, 0) is 34.2 Å². The molecule has 0 atom stereocenters. The summed E-state index contributed by atoms with van der Waals surface area (Å²) in [7, 11) is -3.80. The second-order valence-corrected chi connectivity index (χ2v) is 13.7. The lowest BCUT2D eigenvalue weighted by Gasteiger charge is -2.30. The molecule has 1 fully saturated rings. The van der Waals surface area contributed by atoms with E-state index in [1.807, 2.05) is 29.2 Å². The second-order valence-electron chi connectivity index (χ2n) is 10.7. The average Bonchev–Trinajstić information content (AvgIpc) is 3.64. The van der Waals surface area contributed by atoms with E-state index in [-0.39, 0.29) is 16.7 Å². The summed E-state index contributed by atoms with van der Waals surface area (Å²) in [4.78, 5) is 43.5. The minimum atomic E-state index is -3.80. The zero-order chi connectivity index (χ0) is 28.7. The Morgan fingerprint density at radius 1 is 0.854 bits per heavy atom. The molecule has 3 aromatic rings. The highest BCUT2D eigenvalue weighted by Crippen LogP contribution is 2.39. The maximum absolute atomic E-state index is 13.6. The number of amides is 3. The Kier molecular flexibility index (Phi) is 7.33. The molecule has 11 heteroatoms. The van der Waals surface area contributed by atoms with E-state index in [9.17, 15) is 22.8 Å². The molecule has 3 amide bonds. The van der Waals surface area contributed by atoms with Crippen LogP contribution in [-0.4, -0.2) is 62.1 Å².